The number of anilines is 1. The molecule has 118 valence electrons. The van der Waals surface area contributed by atoms with Crippen LogP contribution in [0.3, 0.4) is 0 Å². The van der Waals surface area contributed by atoms with Crippen molar-refractivity contribution in [3.63, 3.8) is 0 Å². The van der Waals surface area contributed by atoms with E-state index in [2.05, 4.69) is 10.6 Å². The fourth-order valence-corrected chi connectivity index (χ4v) is 2.11. The Labute approximate surface area is 137 Å². The van der Waals surface area contributed by atoms with Crippen LogP contribution in [-0.2, 0) is 4.79 Å². The molecule has 7 N–H and O–H groups in total. The van der Waals surface area contributed by atoms with E-state index >= 15 is 0 Å². The molecular weight excluding hydrogens is 324 g/mol. The number of nitrogens with one attached hydrogen (secondary N) is 2. The van der Waals surface area contributed by atoms with Gasteiger partial charge in [-0.3, -0.25) is 10.1 Å². The maximum atomic E-state index is 10.6. The second-order valence-corrected chi connectivity index (χ2v) is 5.73. The largest absolute Gasteiger partial charge is 0.480 e. The van der Waals surface area contributed by atoms with Crippen molar-refractivity contribution < 1.29 is 14.7 Å². The van der Waals surface area contributed by atoms with Gasteiger partial charge in [0.25, 0.3) is 0 Å². The summed E-state index contributed by atoms with van der Waals surface area (Å²) in [6.45, 7) is 0.146. The molecule has 0 saturated heterocycles. The molecule has 0 aliphatic carbocycles. The molecule has 0 heterocycles. The fraction of sp³-hybridized carbons (Fsp3) is 0.154. The van der Waals surface area contributed by atoms with E-state index in [1.54, 1.807) is 17.5 Å². The van der Waals surface area contributed by atoms with Gasteiger partial charge in [-0.05, 0) is 29.2 Å². The highest BCUT2D eigenvalue weighted by Crippen LogP contribution is 2.13. The van der Waals surface area contributed by atoms with E-state index in [0.717, 1.165) is 23.0 Å². The number of benzene rings is 1. The first-order valence-electron chi connectivity index (χ1n) is 6.14. The summed E-state index contributed by atoms with van der Waals surface area (Å²) in [5.41, 5.74) is 12.0. The third kappa shape index (κ3) is 7.07. The number of nitrogens with two attached hydrogens (primary N) is 2. The van der Waals surface area contributed by atoms with Crippen molar-refractivity contribution in [2.75, 3.05) is 11.9 Å². The first-order chi connectivity index (χ1) is 10.4. The monoisotopic (exact) mass is 340 g/mol. The normalized spacial score (nSPS) is 11.9. The molecule has 1 unspecified atom stereocenters. The Morgan fingerprint density at radius 3 is 2.55 bits per heavy atom. The summed E-state index contributed by atoms with van der Waals surface area (Å²) < 4.78 is 0.268. The summed E-state index contributed by atoms with van der Waals surface area (Å²) in [6, 6.07) is 5.65. The van der Waals surface area contributed by atoms with Gasteiger partial charge in [0.1, 0.15) is 10.4 Å². The molecule has 0 aromatic heterocycles. The van der Waals surface area contributed by atoms with E-state index in [-0.39, 0.29) is 10.9 Å². The van der Waals surface area contributed by atoms with Crippen LogP contribution in [0, 0.1) is 0 Å². The van der Waals surface area contributed by atoms with Gasteiger partial charge >= 0.3 is 12.0 Å². The highest BCUT2D eigenvalue weighted by Gasteiger charge is 2.10. The van der Waals surface area contributed by atoms with Gasteiger partial charge in [-0.25, -0.2) is 4.79 Å². The molecule has 0 radical (unpaired) electrons. The van der Waals surface area contributed by atoms with Gasteiger partial charge in [0.2, 0.25) is 0 Å². The van der Waals surface area contributed by atoms with Gasteiger partial charge in [-0.15, -0.1) is 0 Å². The minimum Gasteiger partial charge on any atom is -0.480 e. The van der Waals surface area contributed by atoms with Crippen molar-refractivity contribution in [2.24, 2.45) is 11.5 Å². The molecule has 0 aliphatic heterocycles. The molecule has 1 aromatic rings. The molecule has 0 aliphatic rings. The van der Waals surface area contributed by atoms with Gasteiger partial charge in [0.15, 0.2) is 0 Å². The van der Waals surface area contributed by atoms with Gasteiger partial charge in [0, 0.05) is 12.2 Å². The number of hydrogen-bond donors (Lipinski definition) is 5. The first kappa shape index (κ1) is 18.0. The standard InChI is InChI=1S/C13H16N4O3S2/c14-10(11(18)19)7-16-9-3-1-8(2-4-9)5-6-22-13(21)17-12(15)20/h1-6,10,16H,7,14H2,(H,18,19)(H3,15,17,20,21)/b6-5-. The summed E-state index contributed by atoms with van der Waals surface area (Å²) in [6.07, 6.45) is 1.81. The highest BCUT2D eigenvalue weighted by atomic mass is 32.2. The molecule has 0 saturated carbocycles. The summed E-state index contributed by atoms with van der Waals surface area (Å²) in [5, 5.41) is 15.6. The van der Waals surface area contributed by atoms with Crippen molar-refractivity contribution in [3.8, 4) is 0 Å². The zero-order chi connectivity index (χ0) is 16.5. The lowest BCUT2D eigenvalue weighted by Gasteiger charge is -2.09. The number of carbonyl (C=O) groups is 2. The molecule has 7 nitrogen and oxygen atoms in total. The average Bonchev–Trinajstić information content (AvgIpc) is 2.45. The second kappa shape index (κ2) is 9.03. The molecule has 1 rings (SSSR count). The number of carbonyl (C=O) groups excluding carboxylic acids is 1. The minimum atomic E-state index is -1.05. The van der Waals surface area contributed by atoms with E-state index in [1.807, 2.05) is 18.2 Å². The third-order valence-electron chi connectivity index (χ3n) is 2.41. The summed E-state index contributed by atoms with van der Waals surface area (Å²) in [5.74, 6) is -1.05. The van der Waals surface area contributed by atoms with Gasteiger partial charge in [-0.1, -0.05) is 36.1 Å². The number of carboxylic acid groups (broad SMARTS) is 1. The van der Waals surface area contributed by atoms with Gasteiger partial charge < -0.3 is 21.9 Å². The van der Waals surface area contributed by atoms with Gasteiger partial charge in [-0.2, -0.15) is 0 Å². The Morgan fingerprint density at radius 1 is 1.36 bits per heavy atom. The zero-order valence-corrected chi connectivity index (χ0v) is 13.1. The quantitative estimate of drug-likeness (QED) is 0.491. The van der Waals surface area contributed by atoms with Crippen molar-refractivity contribution in [2.45, 2.75) is 6.04 Å². The predicted octanol–water partition coefficient (Wildman–Crippen LogP) is 1.17. The summed E-state index contributed by atoms with van der Waals surface area (Å²) in [7, 11) is 0. The predicted molar refractivity (Wildman–Crippen MR) is 92.5 cm³/mol. The molecule has 22 heavy (non-hydrogen) atoms. The number of hydrogen-bond acceptors (Lipinski definition) is 6. The molecule has 9 heteroatoms. The van der Waals surface area contributed by atoms with Crippen molar-refractivity contribution in [3.05, 3.63) is 35.2 Å². The fourth-order valence-electron chi connectivity index (χ4n) is 1.33. The van der Waals surface area contributed by atoms with Crippen molar-refractivity contribution in [1.29, 1.82) is 0 Å². The van der Waals surface area contributed by atoms with E-state index in [4.69, 9.17) is 28.8 Å². The van der Waals surface area contributed by atoms with Crippen LogP contribution in [0.1, 0.15) is 5.56 Å². The van der Waals surface area contributed by atoms with E-state index < -0.39 is 18.0 Å². The van der Waals surface area contributed by atoms with Crippen LogP contribution in [0.15, 0.2) is 29.7 Å². The SMILES string of the molecule is NC(=O)NC(=S)S/C=C\c1ccc(NCC(N)C(=O)O)cc1. The van der Waals surface area contributed by atoms with Crippen LogP contribution in [0.5, 0.6) is 0 Å². The Morgan fingerprint density at radius 2 is 2.00 bits per heavy atom. The number of urea groups is 1. The van der Waals surface area contributed by atoms with E-state index in [0.29, 0.717) is 0 Å². The zero-order valence-electron chi connectivity index (χ0n) is 11.5. The first-order valence-corrected chi connectivity index (χ1v) is 7.43. The maximum Gasteiger partial charge on any atom is 0.322 e. The minimum absolute atomic E-state index is 0.146. The Kier molecular flexibility index (Phi) is 7.37. The highest BCUT2D eigenvalue weighted by molar-refractivity contribution is 8.25. The smallest absolute Gasteiger partial charge is 0.322 e. The lowest BCUT2D eigenvalue weighted by molar-refractivity contribution is -0.138. The number of primary amides is 1. The van der Waals surface area contributed by atoms with Crippen LogP contribution < -0.4 is 22.1 Å². The number of carboxylic acids is 1. The van der Waals surface area contributed by atoms with Crippen molar-refractivity contribution in [1.82, 2.24) is 5.32 Å². The Bertz CT molecular complexity index is 575. The second-order valence-electron chi connectivity index (χ2n) is 4.14. The van der Waals surface area contributed by atoms with E-state index in [9.17, 15) is 9.59 Å². The van der Waals surface area contributed by atoms with Gasteiger partial charge in [0.05, 0.1) is 0 Å². The maximum absolute atomic E-state index is 10.6. The van der Waals surface area contributed by atoms with Crippen LogP contribution >= 0.6 is 24.0 Å². The number of thioether (sulfide) groups is 1. The van der Waals surface area contributed by atoms with Crippen LogP contribution in [0.25, 0.3) is 6.08 Å². The average molecular weight is 340 g/mol. The number of thiocarbonyl (C=S) groups is 1. The molecule has 2 amide bonds. The summed E-state index contributed by atoms with van der Waals surface area (Å²) in [4.78, 5) is 21.2. The molecule has 1 aromatic carbocycles. The topological polar surface area (TPSA) is 130 Å². The van der Waals surface area contributed by atoms with Crippen LogP contribution in [0.4, 0.5) is 10.5 Å². The Hall–Kier alpha value is -2.10. The summed E-state index contributed by atoms with van der Waals surface area (Å²) >= 11 is 6.04. The molecule has 1 atom stereocenters. The lowest BCUT2D eigenvalue weighted by Crippen LogP contribution is -2.36. The number of amides is 2. The van der Waals surface area contributed by atoms with Crippen LogP contribution in [-0.4, -0.2) is 34.0 Å². The molecular formula is C13H16N4O3S2. The number of rotatable bonds is 6. The lowest BCUT2D eigenvalue weighted by atomic mass is 10.2. The van der Waals surface area contributed by atoms with E-state index in [1.165, 1.54) is 0 Å². The Balaban J connectivity index is 2.46. The van der Waals surface area contributed by atoms with Crippen LogP contribution in [0.2, 0.25) is 0 Å². The molecule has 0 fully saturated rings. The third-order valence-corrected chi connectivity index (χ3v) is 3.39. The number of aliphatic carboxylic acids is 1. The van der Waals surface area contributed by atoms with Crippen molar-refractivity contribution >= 4 is 52.1 Å². The molecule has 0 bridgehead atoms. The molecule has 0 spiro atoms.